The number of benzodiazepines with no additional fused rings is 1. The zero-order valence-corrected chi connectivity index (χ0v) is 61.3. The Labute approximate surface area is 615 Å². The number of carbonyl (C=O) groups is 3. The molecule has 1 saturated heterocycles. The first-order chi connectivity index (χ1) is 48.9. The van der Waals surface area contributed by atoms with Crippen LogP contribution < -0.4 is 30.8 Å². The summed E-state index contributed by atoms with van der Waals surface area (Å²) in [6, 6.07) is 61.7. The number of aliphatic imine (C=N–C) groups is 2. The fourth-order valence-electron chi connectivity index (χ4n) is 16.3. The molecule has 4 N–H and O–H groups in total. The summed E-state index contributed by atoms with van der Waals surface area (Å²) in [6.07, 6.45) is 12.7. The van der Waals surface area contributed by atoms with E-state index in [2.05, 4.69) is 135 Å². The van der Waals surface area contributed by atoms with Crippen molar-refractivity contribution in [1.82, 2.24) is 20.3 Å². The molecule has 3 saturated carbocycles. The fourth-order valence-corrected chi connectivity index (χ4v) is 16.7. The van der Waals surface area contributed by atoms with Gasteiger partial charge in [-0.15, -0.1) is 12.4 Å². The number of likely N-dealkylation sites (N-methyl/N-ethyl adjacent to an activating group) is 1. The smallest absolute Gasteiger partial charge is 0.276 e. The highest BCUT2D eigenvalue weighted by atomic mass is 35.5. The number of aliphatic hydroxyl groups is 1. The van der Waals surface area contributed by atoms with Crippen molar-refractivity contribution in [2.24, 2.45) is 43.6 Å². The third-order valence-electron chi connectivity index (χ3n) is 21.7. The van der Waals surface area contributed by atoms with E-state index in [0.717, 1.165) is 105 Å². The number of ether oxygens (including phenoxy) is 1. The van der Waals surface area contributed by atoms with Crippen molar-refractivity contribution < 1.29 is 29.4 Å². The van der Waals surface area contributed by atoms with Gasteiger partial charge in [0.2, 0.25) is 6.23 Å². The molecule has 15 nitrogen and oxygen atoms in total. The van der Waals surface area contributed by atoms with E-state index in [1.807, 2.05) is 116 Å². The van der Waals surface area contributed by atoms with Gasteiger partial charge in [0.05, 0.1) is 28.5 Å². The third kappa shape index (κ3) is 16.7. The molecule has 530 valence electrons. The van der Waals surface area contributed by atoms with E-state index in [-0.39, 0.29) is 35.9 Å². The molecule has 8 atom stereocenters. The van der Waals surface area contributed by atoms with Gasteiger partial charge in [-0.2, -0.15) is 0 Å². The molecular formula is C84H92Cl3N9O6. The van der Waals surface area contributed by atoms with Crippen molar-refractivity contribution >= 4 is 81.8 Å². The normalized spacial score (nSPS) is 23.5. The number of hydroxylamine groups is 2. The number of ketones is 2. The number of anilines is 2. The van der Waals surface area contributed by atoms with Gasteiger partial charge in [-0.3, -0.25) is 24.6 Å². The van der Waals surface area contributed by atoms with Crippen molar-refractivity contribution in [2.75, 3.05) is 64.1 Å². The Bertz CT molecular complexity index is 4520. The number of aromatic nitrogens is 1. The summed E-state index contributed by atoms with van der Waals surface area (Å²) in [4.78, 5) is 58.2. The van der Waals surface area contributed by atoms with Gasteiger partial charge in [-0.1, -0.05) is 182 Å². The first kappa shape index (κ1) is 74.5. The van der Waals surface area contributed by atoms with Crippen LogP contribution in [0.4, 0.5) is 11.5 Å². The fraction of sp³-hybridized carbons (Fsp3) is 0.345. The molecule has 8 aliphatic rings. The van der Waals surface area contributed by atoms with Crippen LogP contribution in [0.5, 0.6) is 5.75 Å². The van der Waals surface area contributed by atoms with Crippen LogP contribution in [0.1, 0.15) is 128 Å². The molecular weight excluding hydrogens is 1340 g/mol. The average Bonchev–Trinajstić information content (AvgIpc) is 1.27. The summed E-state index contributed by atoms with van der Waals surface area (Å²) < 4.78 is 6.19. The van der Waals surface area contributed by atoms with E-state index in [4.69, 9.17) is 27.9 Å². The highest BCUT2D eigenvalue weighted by Gasteiger charge is 2.59. The van der Waals surface area contributed by atoms with Crippen molar-refractivity contribution in [2.45, 2.75) is 103 Å². The van der Waals surface area contributed by atoms with Crippen LogP contribution in [0.15, 0.2) is 221 Å². The Morgan fingerprint density at radius 2 is 1.42 bits per heavy atom. The number of aryl methyl sites for hydroxylation is 1. The minimum absolute atomic E-state index is 0. The number of rotatable bonds is 8. The van der Waals surface area contributed by atoms with Crippen LogP contribution in [0.2, 0.25) is 10.0 Å². The van der Waals surface area contributed by atoms with Gasteiger partial charge in [0.15, 0.2) is 5.78 Å². The molecule has 1 amide bonds. The summed E-state index contributed by atoms with van der Waals surface area (Å²) >= 11 is 12.1. The molecule has 7 aromatic carbocycles. The van der Waals surface area contributed by atoms with Crippen LogP contribution in [0.25, 0.3) is 5.70 Å². The molecule has 5 heterocycles. The number of benzene rings is 7. The molecule has 0 radical (unpaired) electrons. The van der Waals surface area contributed by atoms with Crippen molar-refractivity contribution in [3.05, 3.63) is 271 Å². The van der Waals surface area contributed by atoms with Gasteiger partial charge in [0.1, 0.15) is 35.8 Å². The molecule has 102 heavy (non-hydrogen) atoms. The number of hydrogen-bond donors (Lipinski definition) is 4. The monoisotopic (exact) mass is 1430 g/mol. The molecule has 1 aromatic heterocycles. The quantitative estimate of drug-likeness (QED) is 0.113. The number of nitrogens with one attached hydrogen (secondary N) is 2. The first-order valence-electron chi connectivity index (χ1n) is 35.4. The zero-order valence-electron chi connectivity index (χ0n) is 58.9. The second-order valence-electron chi connectivity index (χ2n) is 28.0. The molecule has 4 fully saturated rings. The first-order valence-corrected chi connectivity index (χ1v) is 36.1. The molecule has 4 aliphatic heterocycles. The number of halogens is 3. The lowest BCUT2D eigenvalue weighted by atomic mass is 9.47. The van der Waals surface area contributed by atoms with Gasteiger partial charge in [-0.25, -0.2) is 20.0 Å². The number of pyridine rings is 1. The van der Waals surface area contributed by atoms with Crippen molar-refractivity contribution in [3.8, 4) is 5.75 Å². The average molecular weight is 1430 g/mol. The van der Waals surface area contributed by atoms with Crippen LogP contribution in [-0.2, 0) is 20.8 Å². The molecule has 8 aromatic rings. The molecule has 2 unspecified atom stereocenters. The zero-order chi connectivity index (χ0) is 70.8. The number of piperazine rings is 1. The number of fused-ring (bicyclic) bond motifs is 12. The topological polar surface area (TPSA) is 185 Å². The Morgan fingerprint density at radius 3 is 2.17 bits per heavy atom. The summed E-state index contributed by atoms with van der Waals surface area (Å²) in [6.45, 7) is 11.1. The standard InChI is InChI=1S/C19H26O2.C17H19N3.C17H21NO.C16H14ClN3O.C15H11ClN2O2.ClH/c1-18-9-7-13(20)11-12(18)3-4-14-15-5-6-17(21)19(15,2)10-8-16(14)18;1-19-9-10-20-16(12-19)15-7-3-2-5-13(15)11-14-6-4-8-18-17(14)20;1-14-8-6-7-11-16(14)19-17(12-13-18-2)15-9-4-3-5-10-15;1-18-15-10-20(21)16(11-5-3-2-4-6-11)13-9-12(17)7-8-14(13)19-15;16-10-6-7-12-11(8-10)13(9-4-2-1-3-5-9)18-15(20)14(19)17-12;/h11,14-16H,3-10H2,1-2H3;2-8,16H,9-12H2,1H3;3-11,17-18H,12-13H2,1-2H3;2-9,21H,10H2,1H3;1-8,15,20H,(H,17,19);1H/t14-,15-,16-,18-,19-;;17-;;;/m0.1.../s1. The Kier molecular flexibility index (Phi) is 24.6. The highest BCUT2D eigenvalue weighted by molar-refractivity contribution is 6.32. The van der Waals surface area contributed by atoms with E-state index in [1.165, 1.54) is 57.1 Å². The van der Waals surface area contributed by atoms with Crippen molar-refractivity contribution in [3.63, 3.8) is 0 Å². The SMILES string of the molecule is CN1CCN2c3ncccc3Cc3ccccc3C2C1.CN=C1CN(O)C(c2ccccc2)=c2cc(Cl)ccc2=N1.CNCC[C@@H](Oc1ccccc1C)c1ccccc1.C[C@]12CCC(=O)C=C1CC[C@@H]1[C@@H]2CC[C@]2(C)C(=O)CC[C@@H]12.Cl.O=C1Nc2ccc(Cl)cc2C(c2ccccc2)=NC1O. The lowest BCUT2D eigenvalue weighted by Gasteiger charge is -2.56. The van der Waals surface area contributed by atoms with Crippen LogP contribution in [0.3, 0.4) is 0 Å². The second kappa shape index (κ2) is 33.6. The van der Waals surface area contributed by atoms with Crippen LogP contribution >= 0.6 is 35.6 Å². The molecule has 18 heteroatoms. The highest BCUT2D eigenvalue weighted by Crippen LogP contribution is 2.64. The summed E-state index contributed by atoms with van der Waals surface area (Å²) in [7, 11) is 5.84. The summed E-state index contributed by atoms with van der Waals surface area (Å²) in [5.41, 5.74) is 12.5. The Balaban J connectivity index is 0.000000128. The van der Waals surface area contributed by atoms with E-state index in [1.54, 1.807) is 31.3 Å². The number of para-hydroxylation sites is 1. The van der Waals surface area contributed by atoms with E-state index in [9.17, 15) is 24.7 Å². The van der Waals surface area contributed by atoms with Gasteiger partial charge in [0.25, 0.3) is 5.91 Å². The minimum Gasteiger partial charge on any atom is -0.485 e. The van der Waals surface area contributed by atoms with E-state index in [0.29, 0.717) is 73.9 Å². The number of hydrogen-bond acceptors (Lipinski definition) is 13. The summed E-state index contributed by atoms with van der Waals surface area (Å²) in [5, 5.41) is 29.9. The molecule has 0 bridgehead atoms. The van der Waals surface area contributed by atoms with Gasteiger partial charge < -0.3 is 30.3 Å². The maximum Gasteiger partial charge on any atom is 0.276 e. The largest absolute Gasteiger partial charge is 0.485 e. The number of Topliss-reactive ketones (excluding diaryl/α,β-unsaturated/α-hetero) is 1. The lowest BCUT2D eigenvalue weighted by Crippen LogP contribution is -2.50. The summed E-state index contributed by atoms with van der Waals surface area (Å²) in [5.74, 6) is 5.04. The number of allylic oxidation sites excluding steroid dienone is 1. The molecule has 0 spiro atoms. The predicted octanol–water partition coefficient (Wildman–Crippen LogP) is 15.0. The van der Waals surface area contributed by atoms with Gasteiger partial charge >= 0.3 is 0 Å². The number of nitrogens with zero attached hydrogens (tertiary/aromatic N) is 7. The number of carbonyl (C=O) groups excluding carboxylic acids is 3. The Hall–Kier alpha value is -8.64. The number of amidine groups is 1. The lowest BCUT2D eigenvalue weighted by molar-refractivity contribution is -0.132. The number of amides is 1. The second-order valence-corrected chi connectivity index (χ2v) is 28.8. The third-order valence-corrected chi connectivity index (χ3v) is 22.2. The Morgan fingerprint density at radius 1 is 0.745 bits per heavy atom. The minimum atomic E-state index is -1.43. The van der Waals surface area contributed by atoms with E-state index < -0.39 is 12.1 Å². The number of aliphatic hydroxyl groups excluding tert-OH is 1. The van der Waals surface area contributed by atoms with E-state index >= 15 is 0 Å². The molecule has 4 aliphatic carbocycles. The molecule has 16 rings (SSSR count). The van der Waals surface area contributed by atoms with Gasteiger partial charge in [-0.05, 0) is 172 Å². The maximum absolute atomic E-state index is 12.4. The predicted molar refractivity (Wildman–Crippen MR) is 411 cm³/mol. The maximum atomic E-state index is 12.4. The van der Waals surface area contributed by atoms with Crippen LogP contribution in [0, 0.1) is 35.5 Å². The van der Waals surface area contributed by atoms with Crippen molar-refractivity contribution in [1.29, 1.82) is 0 Å². The van der Waals surface area contributed by atoms with Crippen LogP contribution in [-0.4, -0.2) is 114 Å². The van der Waals surface area contributed by atoms with Gasteiger partial charge in [0, 0.05) is 95.9 Å².